The summed E-state index contributed by atoms with van der Waals surface area (Å²) in [5.41, 5.74) is 3.30. The van der Waals surface area contributed by atoms with Gasteiger partial charge in [0.05, 0.1) is 10.6 Å². The molecule has 166 valence electrons. The van der Waals surface area contributed by atoms with Crippen LogP contribution in [0, 0.1) is 13.8 Å². The van der Waals surface area contributed by atoms with Crippen molar-refractivity contribution in [2.24, 2.45) is 0 Å². The summed E-state index contributed by atoms with van der Waals surface area (Å²) in [6.07, 6.45) is 0. The van der Waals surface area contributed by atoms with Crippen molar-refractivity contribution < 1.29 is 18.0 Å². The Morgan fingerprint density at radius 1 is 0.812 bits per heavy atom. The summed E-state index contributed by atoms with van der Waals surface area (Å²) in [7, 11) is -3.97. The summed E-state index contributed by atoms with van der Waals surface area (Å²) >= 11 is 0. The molecule has 0 aliphatic carbocycles. The predicted molar refractivity (Wildman–Crippen MR) is 126 cm³/mol. The van der Waals surface area contributed by atoms with Crippen LogP contribution in [0.25, 0.3) is 0 Å². The van der Waals surface area contributed by atoms with Crippen LogP contribution >= 0.6 is 0 Å². The average molecular weight is 452 g/mol. The van der Waals surface area contributed by atoms with Crippen LogP contribution in [0.2, 0.25) is 0 Å². The van der Waals surface area contributed by atoms with Gasteiger partial charge in [-0.05, 0) is 67.9 Å². The third kappa shape index (κ3) is 5.73. The van der Waals surface area contributed by atoms with Crippen molar-refractivity contribution in [3.8, 4) is 0 Å². The molecule has 0 unspecified atom stereocenters. The van der Waals surface area contributed by atoms with Gasteiger partial charge in [0.15, 0.2) is 0 Å². The van der Waals surface area contributed by atoms with Gasteiger partial charge in [-0.25, -0.2) is 8.42 Å². The minimum atomic E-state index is -3.97. The third-order valence-corrected chi connectivity index (χ3v) is 6.46. The van der Waals surface area contributed by atoms with E-state index in [1.165, 1.54) is 19.1 Å². The smallest absolute Gasteiger partial charge is 0.264 e. The Labute approximate surface area is 188 Å². The van der Waals surface area contributed by atoms with Crippen molar-refractivity contribution in [3.63, 3.8) is 0 Å². The predicted octanol–water partition coefficient (Wildman–Crippen LogP) is 4.10. The first kappa shape index (κ1) is 23.0. The summed E-state index contributed by atoms with van der Waals surface area (Å²) in [6.45, 7) is 4.74. The van der Waals surface area contributed by atoms with Crippen LogP contribution in [0.15, 0.2) is 77.7 Å². The number of sulfonamides is 1. The monoisotopic (exact) mass is 451 g/mol. The maximum Gasteiger partial charge on any atom is 0.264 e. The second-order valence-corrected chi connectivity index (χ2v) is 9.33. The SMILES string of the molecule is CC(=O)Nc1ccc(NC(=O)CN(c2cccc(C)c2)S(=O)(=O)c2ccc(C)cc2)cc1. The lowest BCUT2D eigenvalue weighted by Crippen LogP contribution is -2.38. The van der Waals surface area contributed by atoms with E-state index in [4.69, 9.17) is 0 Å². The van der Waals surface area contributed by atoms with Gasteiger partial charge in [-0.3, -0.25) is 13.9 Å². The highest BCUT2D eigenvalue weighted by atomic mass is 32.2. The van der Waals surface area contributed by atoms with Crippen molar-refractivity contribution in [2.45, 2.75) is 25.7 Å². The lowest BCUT2D eigenvalue weighted by atomic mass is 10.2. The third-order valence-electron chi connectivity index (χ3n) is 4.67. The molecule has 3 aromatic carbocycles. The molecule has 0 aliphatic heterocycles. The van der Waals surface area contributed by atoms with Crippen LogP contribution in [-0.4, -0.2) is 26.8 Å². The number of anilines is 3. The normalized spacial score (nSPS) is 11.0. The van der Waals surface area contributed by atoms with E-state index < -0.39 is 22.5 Å². The Morgan fingerprint density at radius 2 is 1.41 bits per heavy atom. The van der Waals surface area contributed by atoms with Gasteiger partial charge < -0.3 is 10.6 Å². The molecule has 8 heteroatoms. The Morgan fingerprint density at radius 3 is 1.97 bits per heavy atom. The molecular weight excluding hydrogens is 426 g/mol. The van der Waals surface area contributed by atoms with Gasteiger partial charge in [-0.2, -0.15) is 0 Å². The number of hydrogen-bond acceptors (Lipinski definition) is 4. The highest BCUT2D eigenvalue weighted by Gasteiger charge is 2.27. The first-order valence-corrected chi connectivity index (χ1v) is 11.4. The molecule has 0 radical (unpaired) electrons. The lowest BCUT2D eigenvalue weighted by Gasteiger charge is -2.24. The molecule has 7 nitrogen and oxygen atoms in total. The van der Waals surface area contributed by atoms with Crippen molar-refractivity contribution in [1.82, 2.24) is 0 Å². The molecule has 2 amide bonds. The molecule has 3 rings (SSSR count). The van der Waals surface area contributed by atoms with E-state index in [1.54, 1.807) is 54.6 Å². The van der Waals surface area contributed by atoms with Crippen molar-refractivity contribution in [1.29, 1.82) is 0 Å². The molecule has 0 saturated carbocycles. The molecule has 0 aromatic heterocycles. The van der Waals surface area contributed by atoms with Gasteiger partial charge in [-0.15, -0.1) is 0 Å². The van der Waals surface area contributed by atoms with Crippen LogP contribution in [-0.2, 0) is 19.6 Å². The fourth-order valence-corrected chi connectivity index (χ4v) is 4.52. The zero-order chi connectivity index (χ0) is 23.3. The van der Waals surface area contributed by atoms with E-state index in [0.29, 0.717) is 17.1 Å². The summed E-state index contributed by atoms with van der Waals surface area (Å²) in [4.78, 5) is 24.0. The van der Waals surface area contributed by atoms with Crippen LogP contribution in [0.5, 0.6) is 0 Å². The molecular formula is C24H25N3O4S. The van der Waals surface area contributed by atoms with Gasteiger partial charge in [0.2, 0.25) is 11.8 Å². The van der Waals surface area contributed by atoms with Crippen molar-refractivity contribution >= 4 is 38.9 Å². The van der Waals surface area contributed by atoms with E-state index in [9.17, 15) is 18.0 Å². The molecule has 0 saturated heterocycles. The van der Waals surface area contributed by atoms with Gasteiger partial charge in [0.1, 0.15) is 6.54 Å². The lowest BCUT2D eigenvalue weighted by molar-refractivity contribution is -0.115. The van der Waals surface area contributed by atoms with Crippen LogP contribution < -0.4 is 14.9 Å². The van der Waals surface area contributed by atoms with Gasteiger partial charge >= 0.3 is 0 Å². The topological polar surface area (TPSA) is 95.6 Å². The Kier molecular flexibility index (Phi) is 6.95. The van der Waals surface area contributed by atoms with Crippen LogP contribution in [0.1, 0.15) is 18.1 Å². The number of carbonyl (C=O) groups is 2. The number of hydrogen-bond donors (Lipinski definition) is 2. The highest BCUT2D eigenvalue weighted by Crippen LogP contribution is 2.25. The number of nitrogens with one attached hydrogen (secondary N) is 2. The van der Waals surface area contributed by atoms with E-state index in [2.05, 4.69) is 10.6 Å². The minimum absolute atomic E-state index is 0.108. The molecule has 0 atom stereocenters. The maximum atomic E-state index is 13.4. The number of aryl methyl sites for hydroxylation is 2. The largest absolute Gasteiger partial charge is 0.326 e. The maximum absolute atomic E-state index is 13.4. The molecule has 0 fully saturated rings. The number of benzene rings is 3. The summed E-state index contributed by atoms with van der Waals surface area (Å²) in [6, 6.07) is 20.1. The fourth-order valence-electron chi connectivity index (χ4n) is 3.11. The molecule has 3 aromatic rings. The van der Waals surface area contributed by atoms with Crippen molar-refractivity contribution in [2.75, 3.05) is 21.5 Å². The van der Waals surface area contributed by atoms with E-state index in [-0.39, 0.29) is 10.8 Å². The summed E-state index contributed by atoms with van der Waals surface area (Å²) in [5, 5.41) is 5.36. The highest BCUT2D eigenvalue weighted by molar-refractivity contribution is 7.92. The number of amides is 2. The quantitative estimate of drug-likeness (QED) is 0.565. The molecule has 0 bridgehead atoms. The Hall–Kier alpha value is -3.65. The first-order valence-electron chi connectivity index (χ1n) is 9.99. The van der Waals surface area contributed by atoms with E-state index >= 15 is 0 Å². The van der Waals surface area contributed by atoms with Gasteiger partial charge in [-0.1, -0.05) is 29.8 Å². The molecule has 2 N–H and O–H groups in total. The standard InChI is InChI=1S/C24H25N3O4S/c1-17-7-13-23(14-8-17)32(30,31)27(22-6-4-5-18(2)15-22)16-24(29)26-21-11-9-20(10-12-21)25-19(3)28/h4-15H,16H2,1-3H3,(H,25,28)(H,26,29). The molecule has 0 spiro atoms. The summed E-state index contributed by atoms with van der Waals surface area (Å²) in [5.74, 6) is -0.689. The van der Waals surface area contributed by atoms with Crippen LogP contribution in [0.3, 0.4) is 0 Å². The minimum Gasteiger partial charge on any atom is -0.326 e. The second-order valence-electron chi connectivity index (χ2n) is 7.47. The second kappa shape index (κ2) is 9.65. The molecule has 0 aliphatic rings. The fraction of sp³-hybridized carbons (Fsp3) is 0.167. The molecule has 0 heterocycles. The zero-order valence-electron chi connectivity index (χ0n) is 18.1. The van der Waals surface area contributed by atoms with E-state index in [0.717, 1.165) is 15.4 Å². The summed E-state index contributed by atoms with van der Waals surface area (Å²) < 4.78 is 27.9. The van der Waals surface area contributed by atoms with Gasteiger partial charge in [0, 0.05) is 18.3 Å². The average Bonchev–Trinajstić information content (AvgIpc) is 2.73. The number of nitrogens with zero attached hydrogens (tertiary/aromatic N) is 1. The van der Waals surface area contributed by atoms with E-state index in [1.807, 2.05) is 19.9 Å². The molecule has 32 heavy (non-hydrogen) atoms. The van der Waals surface area contributed by atoms with Gasteiger partial charge in [0.25, 0.3) is 10.0 Å². The Balaban J connectivity index is 1.86. The van der Waals surface area contributed by atoms with Crippen molar-refractivity contribution in [3.05, 3.63) is 83.9 Å². The number of carbonyl (C=O) groups excluding carboxylic acids is 2. The first-order chi connectivity index (χ1) is 15.1. The number of rotatable bonds is 7. The zero-order valence-corrected chi connectivity index (χ0v) is 18.9. The van der Waals surface area contributed by atoms with Crippen LogP contribution in [0.4, 0.5) is 17.1 Å². The Bertz CT molecular complexity index is 1220.